The molecule has 1 saturated carbocycles. The van der Waals surface area contributed by atoms with Crippen LogP contribution in [0.15, 0.2) is 30.3 Å². The van der Waals surface area contributed by atoms with Crippen LogP contribution in [0, 0.1) is 6.92 Å². The molecule has 0 bridgehead atoms. The number of anilines is 2. The summed E-state index contributed by atoms with van der Waals surface area (Å²) in [6, 6.07) is 8.66. The normalized spacial score (nSPS) is 14.8. The number of methoxy groups -OCH3 is 1. The molecule has 28 heavy (non-hydrogen) atoms. The van der Waals surface area contributed by atoms with E-state index in [1.54, 1.807) is 37.3 Å². The molecule has 1 aromatic carbocycles. The van der Waals surface area contributed by atoms with Gasteiger partial charge in [0.1, 0.15) is 17.3 Å². The zero-order valence-electron chi connectivity index (χ0n) is 16.3. The third-order valence-corrected chi connectivity index (χ3v) is 4.82. The van der Waals surface area contributed by atoms with E-state index in [1.165, 1.54) is 32.8 Å². The van der Waals surface area contributed by atoms with Crippen molar-refractivity contribution in [1.82, 2.24) is 9.97 Å². The smallest absolute Gasteiger partial charge is 0.337 e. The molecular formula is C21H26N4O3. The lowest BCUT2D eigenvalue weighted by atomic mass is 10.1. The highest BCUT2D eigenvalue weighted by Gasteiger charge is 2.16. The maximum Gasteiger partial charge on any atom is 0.337 e. The van der Waals surface area contributed by atoms with Gasteiger partial charge in [0, 0.05) is 17.8 Å². The first-order valence-corrected chi connectivity index (χ1v) is 9.67. The van der Waals surface area contributed by atoms with E-state index in [9.17, 15) is 9.59 Å². The van der Waals surface area contributed by atoms with Crippen LogP contribution in [0.3, 0.4) is 0 Å². The monoisotopic (exact) mass is 382 g/mol. The Bertz CT molecular complexity index is 845. The van der Waals surface area contributed by atoms with Crippen molar-refractivity contribution in [2.45, 2.75) is 51.5 Å². The third kappa shape index (κ3) is 5.28. The Kier molecular flexibility index (Phi) is 6.57. The van der Waals surface area contributed by atoms with E-state index in [4.69, 9.17) is 4.74 Å². The predicted molar refractivity (Wildman–Crippen MR) is 108 cm³/mol. The topological polar surface area (TPSA) is 93.2 Å². The lowest BCUT2D eigenvalue weighted by molar-refractivity contribution is 0.0600. The molecule has 1 aliphatic carbocycles. The van der Waals surface area contributed by atoms with Crippen molar-refractivity contribution in [3.63, 3.8) is 0 Å². The Morgan fingerprint density at radius 2 is 1.82 bits per heavy atom. The molecule has 2 N–H and O–H groups in total. The molecule has 0 atom stereocenters. The third-order valence-electron chi connectivity index (χ3n) is 4.82. The van der Waals surface area contributed by atoms with Crippen molar-refractivity contribution in [3.8, 4) is 0 Å². The molecule has 7 heteroatoms. The molecule has 7 nitrogen and oxygen atoms in total. The Balaban J connectivity index is 1.73. The zero-order valence-corrected chi connectivity index (χ0v) is 16.3. The number of ether oxygens (including phenoxy) is 1. The highest BCUT2D eigenvalue weighted by Crippen LogP contribution is 2.21. The Morgan fingerprint density at radius 1 is 1.07 bits per heavy atom. The number of aryl methyl sites for hydroxylation is 1. The zero-order chi connectivity index (χ0) is 19.9. The van der Waals surface area contributed by atoms with Crippen molar-refractivity contribution in [2.75, 3.05) is 17.7 Å². The summed E-state index contributed by atoms with van der Waals surface area (Å²) in [7, 11) is 1.32. The molecule has 0 aliphatic heterocycles. The molecule has 0 spiro atoms. The second-order valence-electron chi connectivity index (χ2n) is 7.04. The second-order valence-corrected chi connectivity index (χ2v) is 7.04. The largest absolute Gasteiger partial charge is 0.465 e. The fraction of sp³-hybridized carbons (Fsp3) is 0.429. The first-order chi connectivity index (χ1) is 13.5. The number of esters is 1. The fourth-order valence-corrected chi connectivity index (χ4v) is 3.43. The number of amides is 1. The van der Waals surface area contributed by atoms with Gasteiger partial charge in [-0.15, -0.1) is 0 Å². The van der Waals surface area contributed by atoms with E-state index < -0.39 is 5.97 Å². The quantitative estimate of drug-likeness (QED) is 0.601. The van der Waals surface area contributed by atoms with Crippen LogP contribution < -0.4 is 10.6 Å². The molecule has 0 saturated heterocycles. The number of hydrogen-bond donors (Lipinski definition) is 2. The molecule has 1 fully saturated rings. The van der Waals surface area contributed by atoms with Crippen molar-refractivity contribution in [2.24, 2.45) is 0 Å². The molecule has 1 aromatic heterocycles. The Labute approximate surface area is 164 Å². The lowest BCUT2D eigenvalue weighted by Gasteiger charge is -2.17. The average molecular weight is 382 g/mol. The van der Waals surface area contributed by atoms with Gasteiger partial charge in [-0.25, -0.2) is 14.8 Å². The van der Waals surface area contributed by atoms with Crippen LogP contribution >= 0.6 is 0 Å². The van der Waals surface area contributed by atoms with Gasteiger partial charge < -0.3 is 15.4 Å². The number of nitrogens with one attached hydrogen (secondary N) is 2. The van der Waals surface area contributed by atoms with E-state index in [0.29, 0.717) is 28.9 Å². The summed E-state index contributed by atoms with van der Waals surface area (Å²) in [5, 5.41) is 6.24. The molecule has 0 radical (unpaired) electrons. The van der Waals surface area contributed by atoms with Crippen LogP contribution in [-0.2, 0) is 4.74 Å². The van der Waals surface area contributed by atoms with Gasteiger partial charge in [-0.1, -0.05) is 31.7 Å². The van der Waals surface area contributed by atoms with Gasteiger partial charge in [-0.3, -0.25) is 4.79 Å². The van der Waals surface area contributed by atoms with Gasteiger partial charge in [0.2, 0.25) is 0 Å². The van der Waals surface area contributed by atoms with Crippen LogP contribution in [0.4, 0.5) is 11.5 Å². The molecular weight excluding hydrogens is 356 g/mol. The minimum absolute atomic E-state index is 0.284. The Hall–Kier alpha value is -2.96. The van der Waals surface area contributed by atoms with Crippen LogP contribution in [-0.4, -0.2) is 35.0 Å². The fourth-order valence-electron chi connectivity index (χ4n) is 3.43. The summed E-state index contributed by atoms with van der Waals surface area (Å²) < 4.78 is 4.71. The number of rotatable bonds is 5. The summed E-state index contributed by atoms with van der Waals surface area (Å²) in [6.07, 6.45) is 7.21. The molecule has 2 aromatic rings. The van der Waals surface area contributed by atoms with Crippen molar-refractivity contribution in [3.05, 3.63) is 47.4 Å². The first kappa shape index (κ1) is 19.8. The van der Waals surface area contributed by atoms with Gasteiger partial charge >= 0.3 is 5.97 Å². The van der Waals surface area contributed by atoms with E-state index in [-0.39, 0.29) is 11.6 Å². The summed E-state index contributed by atoms with van der Waals surface area (Å²) in [6.45, 7) is 1.77. The standard InChI is InChI=1S/C21H26N4O3/c1-14-22-18(13-19(23-14)24-16-9-5-3-4-6-10-16)20(26)25-17-11-7-8-15(12-17)21(27)28-2/h7-8,11-13,16H,3-6,9-10H2,1-2H3,(H,25,26)(H,22,23,24). The maximum atomic E-state index is 12.7. The minimum Gasteiger partial charge on any atom is -0.465 e. The van der Waals surface area contributed by atoms with Gasteiger partial charge in [0.25, 0.3) is 5.91 Å². The first-order valence-electron chi connectivity index (χ1n) is 9.67. The maximum absolute atomic E-state index is 12.7. The van der Waals surface area contributed by atoms with Gasteiger partial charge in [0.15, 0.2) is 0 Å². The van der Waals surface area contributed by atoms with Crippen molar-refractivity contribution >= 4 is 23.4 Å². The van der Waals surface area contributed by atoms with E-state index >= 15 is 0 Å². The summed E-state index contributed by atoms with van der Waals surface area (Å²) >= 11 is 0. The number of carbonyl (C=O) groups excluding carboxylic acids is 2. The SMILES string of the molecule is COC(=O)c1cccc(NC(=O)c2cc(NC3CCCCCC3)nc(C)n2)c1. The lowest BCUT2D eigenvalue weighted by Crippen LogP contribution is -2.21. The van der Waals surface area contributed by atoms with Crippen LogP contribution in [0.5, 0.6) is 0 Å². The Morgan fingerprint density at radius 3 is 2.54 bits per heavy atom. The summed E-state index contributed by atoms with van der Waals surface area (Å²) in [4.78, 5) is 33.0. The van der Waals surface area contributed by atoms with E-state index in [2.05, 4.69) is 20.6 Å². The van der Waals surface area contributed by atoms with Gasteiger partial charge in [-0.05, 0) is 38.0 Å². The summed E-state index contributed by atoms with van der Waals surface area (Å²) in [5.74, 6) is 0.403. The molecule has 0 unspecified atom stereocenters. The molecule has 3 rings (SSSR count). The number of hydrogen-bond acceptors (Lipinski definition) is 6. The average Bonchev–Trinajstić information content (AvgIpc) is 2.95. The van der Waals surface area contributed by atoms with Crippen LogP contribution in [0.1, 0.15) is 65.2 Å². The molecule has 1 aliphatic rings. The molecule has 1 heterocycles. The summed E-state index contributed by atoms with van der Waals surface area (Å²) in [5.41, 5.74) is 1.16. The van der Waals surface area contributed by atoms with Crippen LogP contribution in [0.2, 0.25) is 0 Å². The number of benzene rings is 1. The number of aromatic nitrogens is 2. The molecule has 1 amide bonds. The highest BCUT2D eigenvalue weighted by atomic mass is 16.5. The predicted octanol–water partition coefficient (Wildman–Crippen LogP) is 3.96. The van der Waals surface area contributed by atoms with Gasteiger partial charge in [-0.2, -0.15) is 0 Å². The second kappa shape index (κ2) is 9.30. The highest BCUT2D eigenvalue weighted by molar-refractivity contribution is 6.04. The molecule has 148 valence electrons. The van der Waals surface area contributed by atoms with E-state index in [0.717, 1.165) is 12.8 Å². The van der Waals surface area contributed by atoms with Crippen molar-refractivity contribution in [1.29, 1.82) is 0 Å². The minimum atomic E-state index is -0.455. The number of carbonyl (C=O) groups is 2. The van der Waals surface area contributed by atoms with Crippen molar-refractivity contribution < 1.29 is 14.3 Å². The number of nitrogens with zero attached hydrogens (tertiary/aromatic N) is 2. The van der Waals surface area contributed by atoms with Crippen LogP contribution in [0.25, 0.3) is 0 Å². The van der Waals surface area contributed by atoms with E-state index in [1.807, 2.05) is 0 Å². The van der Waals surface area contributed by atoms with Gasteiger partial charge in [0.05, 0.1) is 12.7 Å².